The fourth-order valence-electron chi connectivity index (χ4n) is 2.14. The topological polar surface area (TPSA) is 98.3 Å². The molecule has 0 bridgehead atoms. The van der Waals surface area contributed by atoms with E-state index in [0.717, 1.165) is 19.2 Å². The molecule has 1 heterocycles. The molecule has 1 aliphatic rings. The SMILES string of the molecule is CN(C)C1CC(NC(=O)Cc2c(O)nc[nH]c2=O)C1. The van der Waals surface area contributed by atoms with Crippen LogP contribution in [0, 0.1) is 0 Å². The van der Waals surface area contributed by atoms with Gasteiger partial charge in [-0.05, 0) is 26.9 Å². The van der Waals surface area contributed by atoms with Gasteiger partial charge < -0.3 is 20.3 Å². The molecule has 3 N–H and O–H groups in total. The lowest BCUT2D eigenvalue weighted by atomic mass is 9.86. The molecule has 0 unspecified atom stereocenters. The third-order valence-electron chi connectivity index (χ3n) is 3.47. The molecule has 0 spiro atoms. The van der Waals surface area contributed by atoms with Crippen molar-refractivity contribution in [1.29, 1.82) is 0 Å². The van der Waals surface area contributed by atoms with E-state index in [4.69, 9.17) is 0 Å². The van der Waals surface area contributed by atoms with Crippen molar-refractivity contribution in [3.63, 3.8) is 0 Å². The molecule has 7 heteroatoms. The molecule has 2 rings (SSSR count). The second kappa shape index (κ2) is 5.40. The molecule has 0 aliphatic heterocycles. The number of aromatic nitrogens is 2. The number of amides is 1. The minimum atomic E-state index is -0.484. The van der Waals surface area contributed by atoms with Gasteiger partial charge in [0.25, 0.3) is 5.56 Å². The van der Waals surface area contributed by atoms with Crippen LogP contribution in [0.2, 0.25) is 0 Å². The lowest BCUT2D eigenvalue weighted by molar-refractivity contribution is -0.122. The van der Waals surface area contributed by atoms with Crippen molar-refractivity contribution in [2.45, 2.75) is 31.3 Å². The van der Waals surface area contributed by atoms with Crippen LogP contribution in [0.3, 0.4) is 0 Å². The van der Waals surface area contributed by atoms with E-state index in [-0.39, 0.29) is 23.9 Å². The highest BCUT2D eigenvalue weighted by molar-refractivity contribution is 5.79. The van der Waals surface area contributed by atoms with Gasteiger partial charge in [0.05, 0.1) is 18.3 Å². The normalized spacial score (nSPS) is 22.1. The highest BCUT2D eigenvalue weighted by Crippen LogP contribution is 2.23. The Labute approximate surface area is 110 Å². The van der Waals surface area contributed by atoms with E-state index in [9.17, 15) is 14.7 Å². The summed E-state index contributed by atoms with van der Waals surface area (Å²) < 4.78 is 0. The lowest BCUT2D eigenvalue weighted by Gasteiger charge is -2.39. The van der Waals surface area contributed by atoms with Crippen molar-refractivity contribution < 1.29 is 9.90 Å². The van der Waals surface area contributed by atoms with Crippen LogP contribution in [0.15, 0.2) is 11.1 Å². The van der Waals surface area contributed by atoms with E-state index < -0.39 is 11.4 Å². The summed E-state index contributed by atoms with van der Waals surface area (Å²) in [6.45, 7) is 0. The second-order valence-corrected chi connectivity index (χ2v) is 5.06. The Morgan fingerprint density at radius 2 is 2.26 bits per heavy atom. The zero-order chi connectivity index (χ0) is 14.0. The number of carbonyl (C=O) groups excluding carboxylic acids is 1. The first kappa shape index (κ1) is 13.5. The second-order valence-electron chi connectivity index (χ2n) is 5.06. The van der Waals surface area contributed by atoms with Crippen LogP contribution in [-0.4, -0.2) is 52.1 Å². The number of hydrogen-bond donors (Lipinski definition) is 3. The van der Waals surface area contributed by atoms with Crippen molar-refractivity contribution in [3.8, 4) is 5.88 Å². The first-order valence-electron chi connectivity index (χ1n) is 6.18. The predicted octanol–water partition coefficient (Wildman–Crippen LogP) is -0.773. The van der Waals surface area contributed by atoms with Gasteiger partial charge in [0, 0.05) is 12.1 Å². The molecule has 0 aromatic carbocycles. The highest BCUT2D eigenvalue weighted by Gasteiger charge is 2.31. The van der Waals surface area contributed by atoms with Crippen LogP contribution in [-0.2, 0) is 11.2 Å². The number of nitrogens with zero attached hydrogens (tertiary/aromatic N) is 2. The molecule has 19 heavy (non-hydrogen) atoms. The van der Waals surface area contributed by atoms with Gasteiger partial charge in [-0.2, -0.15) is 0 Å². The molecule has 104 valence electrons. The van der Waals surface area contributed by atoms with Crippen LogP contribution in [0.4, 0.5) is 0 Å². The Morgan fingerprint density at radius 1 is 1.58 bits per heavy atom. The van der Waals surface area contributed by atoms with Crippen molar-refractivity contribution in [1.82, 2.24) is 20.2 Å². The number of aromatic hydroxyl groups is 1. The lowest BCUT2D eigenvalue weighted by Crippen LogP contribution is -2.52. The maximum atomic E-state index is 11.8. The fraction of sp³-hybridized carbons (Fsp3) is 0.583. The number of carbonyl (C=O) groups is 1. The Bertz CT molecular complexity index is 520. The van der Waals surface area contributed by atoms with E-state index in [0.29, 0.717) is 6.04 Å². The number of H-pyrrole nitrogens is 1. The Balaban J connectivity index is 1.88. The summed E-state index contributed by atoms with van der Waals surface area (Å²) in [5.41, 5.74) is -0.481. The van der Waals surface area contributed by atoms with Crippen molar-refractivity contribution >= 4 is 5.91 Å². The summed E-state index contributed by atoms with van der Waals surface area (Å²) in [5.74, 6) is -0.658. The molecule has 1 aromatic heterocycles. The minimum Gasteiger partial charge on any atom is -0.493 e. The molecule has 1 fully saturated rings. The Hall–Kier alpha value is -1.89. The zero-order valence-corrected chi connectivity index (χ0v) is 11.0. The Morgan fingerprint density at radius 3 is 2.84 bits per heavy atom. The maximum absolute atomic E-state index is 11.8. The van der Waals surface area contributed by atoms with E-state index in [1.807, 2.05) is 14.1 Å². The third-order valence-corrected chi connectivity index (χ3v) is 3.47. The molecule has 0 radical (unpaired) electrons. The maximum Gasteiger partial charge on any atom is 0.258 e. The van der Waals surface area contributed by atoms with Crippen LogP contribution in [0.1, 0.15) is 18.4 Å². The largest absolute Gasteiger partial charge is 0.493 e. The van der Waals surface area contributed by atoms with Crippen molar-refractivity contribution in [2.24, 2.45) is 0 Å². The summed E-state index contributed by atoms with van der Waals surface area (Å²) in [7, 11) is 4.02. The molecule has 1 amide bonds. The third kappa shape index (κ3) is 3.11. The number of rotatable bonds is 4. The first-order valence-corrected chi connectivity index (χ1v) is 6.18. The average Bonchev–Trinajstić information content (AvgIpc) is 2.27. The van der Waals surface area contributed by atoms with Crippen LogP contribution in [0.25, 0.3) is 0 Å². The smallest absolute Gasteiger partial charge is 0.258 e. The van der Waals surface area contributed by atoms with Gasteiger partial charge in [-0.15, -0.1) is 0 Å². The summed E-state index contributed by atoms with van der Waals surface area (Å²) in [6, 6.07) is 0.651. The van der Waals surface area contributed by atoms with Gasteiger partial charge in [-0.25, -0.2) is 4.98 Å². The fourth-order valence-corrected chi connectivity index (χ4v) is 2.14. The van der Waals surface area contributed by atoms with E-state index in [1.165, 1.54) is 0 Å². The van der Waals surface area contributed by atoms with E-state index in [2.05, 4.69) is 20.2 Å². The highest BCUT2D eigenvalue weighted by atomic mass is 16.3. The molecule has 1 saturated carbocycles. The van der Waals surface area contributed by atoms with Gasteiger partial charge in [0.15, 0.2) is 0 Å². The van der Waals surface area contributed by atoms with Crippen LogP contribution < -0.4 is 10.9 Å². The Kier molecular flexibility index (Phi) is 3.84. The monoisotopic (exact) mass is 266 g/mol. The molecule has 0 saturated heterocycles. The molecule has 7 nitrogen and oxygen atoms in total. The van der Waals surface area contributed by atoms with Crippen LogP contribution >= 0.6 is 0 Å². The van der Waals surface area contributed by atoms with E-state index in [1.54, 1.807) is 0 Å². The summed E-state index contributed by atoms with van der Waals surface area (Å²) in [4.78, 5) is 31.2. The molecular formula is C12H18N4O3. The number of nitrogens with one attached hydrogen (secondary N) is 2. The van der Waals surface area contributed by atoms with Crippen molar-refractivity contribution in [3.05, 3.63) is 22.2 Å². The van der Waals surface area contributed by atoms with Gasteiger partial charge in [0.1, 0.15) is 0 Å². The van der Waals surface area contributed by atoms with E-state index >= 15 is 0 Å². The molecular weight excluding hydrogens is 248 g/mol. The van der Waals surface area contributed by atoms with Crippen molar-refractivity contribution in [2.75, 3.05) is 14.1 Å². The summed E-state index contributed by atoms with van der Waals surface area (Å²) in [5, 5.41) is 12.3. The predicted molar refractivity (Wildman–Crippen MR) is 68.9 cm³/mol. The molecule has 1 aromatic rings. The first-order chi connectivity index (χ1) is 8.97. The quantitative estimate of drug-likeness (QED) is 0.664. The standard InChI is InChI=1S/C12H18N4O3/c1-16(2)8-3-7(4-8)15-10(17)5-9-11(18)13-6-14-12(9)19/h6-8H,3-5H2,1-2H3,(H,15,17)(H2,13,14,18,19). The molecule has 1 aliphatic carbocycles. The van der Waals surface area contributed by atoms with Crippen LogP contribution in [0.5, 0.6) is 5.88 Å². The van der Waals surface area contributed by atoms with Gasteiger partial charge in [-0.1, -0.05) is 0 Å². The zero-order valence-electron chi connectivity index (χ0n) is 11.0. The van der Waals surface area contributed by atoms with Gasteiger partial charge in [0.2, 0.25) is 11.8 Å². The summed E-state index contributed by atoms with van der Waals surface area (Å²) in [6.07, 6.45) is 2.77. The van der Waals surface area contributed by atoms with Gasteiger partial charge in [-0.3, -0.25) is 9.59 Å². The number of aromatic amines is 1. The molecule has 0 atom stereocenters. The van der Waals surface area contributed by atoms with Gasteiger partial charge >= 0.3 is 0 Å². The average molecular weight is 266 g/mol. The number of hydrogen-bond acceptors (Lipinski definition) is 5. The minimum absolute atomic E-state index is 0.00323. The summed E-state index contributed by atoms with van der Waals surface area (Å²) >= 11 is 0.